The molecule has 2 atom stereocenters. The summed E-state index contributed by atoms with van der Waals surface area (Å²) in [7, 11) is -4.21. The topological polar surface area (TPSA) is 91.3 Å². The lowest BCUT2D eigenvalue weighted by Gasteiger charge is -2.19. The number of rotatable bonds is 38. The van der Waals surface area contributed by atoms with E-state index in [0.29, 0.717) is 13.0 Å². The third-order valence-electron chi connectivity index (χ3n) is 8.38. The number of ether oxygens (including phenoxy) is 2. The first kappa shape index (κ1) is 49.2. The smallest absolute Gasteiger partial charge is 0.457 e. The summed E-state index contributed by atoms with van der Waals surface area (Å²) in [6.45, 7) is 6.31. The van der Waals surface area contributed by atoms with Crippen molar-refractivity contribution in [3.05, 3.63) is 60.8 Å². The maximum atomic E-state index is 12.5. The first-order valence-corrected chi connectivity index (χ1v) is 22.1. The molecule has 0 aliphatic heterocycles. The van der Waals surface area contributed by atoms with Gasteiger partial charge >= 0.3 is 13.8 Å². The average Bonchev–Trinajstić information content (AvgIpc) is 3.11. The lowest BCUT2D eigenvalue weighted by molar-refractivity contribution is -0.154. The van der Waals surface area contributed by atoms with E-state index in [1.54, 1.807) is 6.92 Å². The molecule has 1 N–H and O–H groups in total. The number of unbranched alkanes of at least 4 members (excludes halogenated alkanes) is 17. The van der Waals surface area contributed by atoms with Crippen LogP contribution >= 0.6 is 7.82 Å². The lowest BCUT2D eigenvalue weighted by atomic mass is 10.0. The zero-order valence-corrected chi connectivity index (χ0v) is 33.9. The van der Waals surface area contributed by atoms with E-state index in [1.807, 2.05) is 6.08 Å². The van der Waals surface area contributed by atoms with Crippen molar-refractivity contribution in [3.8, 4) is 0 Å². The molecular formula is C43H77O7P. The maximum Gasteiger partial charge on any atom is 0.472 e. The van der Waals surface area contributed by atoms with Gasteiger partial charge in [-0.15, -0.1) is 0 Å². The predicted molar refractivity (Wildman–Crippen MR) is 216 cm³/mol. The number of esters is 1. The fraction of sp³-hybridized carbons (Fsp3) is 0.744. The summed E-state index contributed by atoms with van der Waals surface area (Å²) in [6.07, 6.45) is 48.7. The maximum absolute atomic E-state index is 12.5. The first-order valence-electron chi connectivity index (χ1n) is 20.6. The van der Waals surface area contributed by atoms with Crippen LogP contribution in [0.15, 0.2) is 60.8 Å². The van der Waals surface area contributed by atoms with Crippen molar-refractivity contribution in [2.24, 2.45) is 0 Å². The molecule has 0 spiro atoms. The van der Waals surface area contributed by atoms with E-state index in [4.69, 9.17) is 18.5 Å². The minimum Gasteiger partial charge on any atom is -0.457 e. The van der Waals surface area contributed by atoms with E-state index in [9.17, 15) is 14.3 Å². The second-order valence-corrected chi connectivity index (χ2v) is 14.8. The summed E-state index contributed by atoms with van der Waals surface area (Å²) in [5.74, 6) is -0.384. The van der Waals surface area contributed by atoms with Gasteiger partial charge < -0.3 is 14.4 Å². The number of phosphoric ester groups is 1. The van der Waals surface area contributed by atoms with Gasteiger partial charge in [-0.3, -0.25) is 13.8 Å². The Kier molecular flexibility index (Phi) is 38.1. The number of carbonyl (C=O) groups excluding carboxylic acids is 1. The summed E-state index contributed by atoms with van der Waals surface area (Å²) < 4.78 is 33.0. The molecule has 0 aromatic heterocycles. The number of phosphoric acid groups is 1. The molecule has 0 aromatic carbocycles. The Hall–Kier alpha value is -1.76. The van der Waals surface area contributed by atoms with Crippen LogP contribution in [0.1, 0.15) is 175 Å². The summed E-state index contributed by atoms with van der Waals surface area (Å²) in [4.78, 5) is 22.3. The molecule has 0 saturated carbocycles. The minimum absolute atomic E-state index is 0.0380. The van der Waals surface area contributed by atoms with E-state index in [1.165, 1.54) is 109 Å². The Morgan fingerprint density at radius 2 is 0.980 bits per heavy atom. The highest BCUT2D eigenvalue weighted by atomic mass is 31.2. The van der Waals surface area contributed by atoms with E-state index in [-0.39, 0.29) is 32.2 Å². The van der Waals surface area contributed by atoms with Gasteiger partial charge in [-0.1, -0.05) is 164 Å². The molecule has 0 heterocycles. The third-order valence-corrected chi connectivity index (χ3v) is 9.44. The van der Waals surface area contributed by atoms with Crippen molar-refractivity contribution in [2.45, 2.75) is 181 Å². The highest BCUT2D eigenvalue weighted by Crippen LogP contribution is 2.43. The zero-order valence-electron chi connectivity index (χ0n) is 33.0. The minimum atomic E-state index is -4.21. The molecule has 8 heteroatoms. The van der Waals surface area contributed by atoms with Crippen molar-refractivity contribution in [1.82, 2.24) is 0 Å². The third kappa shape index (κ3) is 39.3. The van der Waals surface area contributed by atoms with Crippen LogP contribution in [0.4, 0.5) is 0 Å². The first-order chi connectivity index (χ1) is 24.9. The highest BCUT2D eigenvalue weighted by molar-refractivity contribution is 7.47. The highest BCUT2D eigenvalue weighted by Gasteiger charge is 2.24. The monoisotopic (exact) mass is 737 g/mol. The standard InChI is InChI=1S/C43H77O7P/c1-4-7-9-11-13-15-17-19-21-23-24-26-28-30-32-34-36-38-43(44)50-42(41-49-51(45,46)48-6-3)40-47-39-37-35-33-31-29-27-25-22-20-18-16-14-12-10-8-5-2/h13,15,19,21,24,26,30,32,35,37,42H,4-12,14,16-18,20,22-23,25,27-29,31,33-34,36,38-41H2,1-3H3,(H,45,46)/b15-13-,21-19-,26-24-,32-30-,37-35+/t42-/m1/s1. The molecule has 0 radical (unpaired) electrons. The Balaban J connectivity index is 4.14. The molecule has 0 aliphatic carbocycles. The molecular weight excluding hydrogens is 659 g/mol. The Morgan fingerprint density at radius 1 is 0.549 bits per heavy atom. The fourth-order valence-electron chi connectivity index (χ4n) is 5.40. The van der Waals surface area contributed by atoms with Gasteiger partial charge in [0.05, 0.1) is 26.4 Å². The van der Waals surface area contributed by atoms with Crippen LogP contribution in [-0.2, 0) is 27.9 Å². The van der Waals surface area contributed by atoms with Crippen LogP contribution in [0.5, 0.6) is 0 Å². The number of hydrogen-bond acceptors (Lipinski definition) is 6. The van der Waals surface area contributed by atoms with Crippen molar-refractivity contribution in [2.75, 3.05) is 26.4 Å². The molecule has 0 saturated heterocycles. The van der Waals surface area contributed by atoms with E-state index in [0.717, 1.165) is 32.1 Å². The molecule has 0 amide bonds. The Morgan fingerprint density at radius 3 is 1.51 bits per heavy atom. The molecule has 0 aliphatic rings. The summed E-state index contributed by atoms with van der Waals surface area (Å²) >= 11 is 0. The largest absolute Gasteiger partial charge is 0.472 e. The molecule has 1 unspecified atom stereocenters. The lowest BCUT2D eigenvalue weighted by Crippen LogP contribution is -2.28. The molecule has 51 heavy (non-hydrogen) atoms. The van der Waals surface area contributed by atoms with Gasteiger partial charge in [0.25, 0.3) is 0 Å². The van der Waals surface area contributed by atoms with Gasteiger partial charge in [0.15, 0.2) is 0 Å². The van der Waals surface area contributed by atoms with Crippen LogP contribution in [0.2, 0.25) is 0 Å². The Bertz CT molecular complexity index is 956. The van der Waals surface area contributed by atoms with Crippen LogP contribution in [0.3, 0.4) is 0 Å². The molecule has 296 valence electrons. The number of carbonyl (C=O) groups is 1. The molecule has 7 nitrogen and oxygen atoms in total. The van der Waals surface area contributed by atoms with Crippen molar-refractivity contribution in [1.29, 1.82) is 0 Å². The SMILES string of the molecule is CCCCC/C=C\C/C=C\C/C=C\C/C=C\CCCC(=O)O[C@H](COC/C=C/CCCCCCCCCCCCCCC)COP(=O)(O)OCC. The van der Waals surface area contributed by atoms with Crippen molar-refractivity contribution < 1.29 is 32.8 Å². The van der Waals surface area contributed by atoms with Crippen LogP contribution in [-0.4, -0.2) is 43.4 Å². The quantitative estimate of drug-likeness (QED) is 0.0292. The number of allylic oxidation sites excluding steroid dienone is 9. The van der Waals surface area contributed by atoms with Crippen molar-refractivity contribution >= 4 is 13.8 Å². The van der Waals surface area contributed by atoms with E-state index < -0.39 is 13.9 Å². The average molecular weight is 737 g/mol. The second-order valence-electron chi connectivity index (χ2n) is 13.3. The Labute approximate surface area is 314 Å². The van der Waals surface area contributed by atoms with E-state index in [2.05, 4.69) is 68.5 Å². The molecule has 0 aromatic rings. The van der Waals surface area contributed by atoms with Gasteiger partial charge in [-0.05, 0) is 64.7 Å². The van der Waals surface area contributed by atoms with Crippen molar-refractivity contribution in [3.63, 3.8) is 0 Å². The summed E-state index contributed by atoms with van der Waals surface area (Å²) in [5, 5.41) is 0. The van der Waals surface area contributed by atoms with E-state index >= 15 is 0 Å². The molecule has 0 rings (SSSR count). The van der Waals surface area contributed by atoms with Gasteiger partial charge in [0, 0.05) is 6.42 Å². The molecule has 0 fully saturated rings. The second kappa shape index (κ2) is 39.4. The summed E-state index contributed by atoms with van der Waals surface area (Å²) in [5.41, 5.74) is 0. The van der Waals surface area contributed by atoms with Crippen LogP contribution < -0.4 is 0 Å². The van der Waals surface area contributed by atoms with Gasteiger partial charge in [-0.25, -0.2) is 4.57 Å². The zero-order chi connectivity index (χ0) is 37.4. The van der Waals surface area contributed by atoms with Gasteiger partial charge in [-0.2, -0.15) is 0 Å². The van der Waals surface area contributed by atoms with Crippen LogP contribution in [0.25, 0.3) is 0 Å². The molecule has 0 bridgehead atoms. The predicted octanol–water partition coefficient (Wildman–Crippen LogP) is 13.3. The summed E-state index contributed by atoms with van der Waals surface area (Å²) in [6, 6.07) is 0. The fourth-order valence-corrected chi connectivity index (χ4v) is 6.15. The van der Waals surface area contributed by atoms with Crippen LogP contribution in [0, 0.1) is 0 Å². The van der Waals surface area contributed by atoms with Gasteiger partial charge in [0.2, 0.25) is 0 Å². The normalized spacial score (nSPS) is 14.2. The number of hydrogen-bond donors (Lipinski definition) is 1. The van der Waals surface area contributed by atoms with Gasteiger partial charge in [0.1, 0.15) is 6.10 Å².